The number of aromatic nitrogens is 1. The van der Waals surface area contributed by atoms with E-state index in [1.807, 2.05) is 6.08 Å². The molecule has 0 spiro atoms. The van der Waals surface area contributed by atoms with Gasteiger partial charge in [0.15, 0.2) is 16.6 Å². The first-order chi connectivity index (χ1) is 15.5. The molecule has 0 aliphatic carbocycles. The third kappa shape index (κ3) is 4.96. The minimum Gasteiger partial charge on any atom is -0.406 e. The van der Waals surface area contributed by atoms with Crippen LogP contribution in [0.15, 0.2) is 49.2 Å². The van der Waals surface area contributed by atoms with Gasteiger partial charge in [-0.3, -0.25) is 0 Å². The topological polar surface area (TPSA) is 14.2 Å². The maximum absolute atomic E-state index is 7.04. The summed E-state index contributed by atoms with van der Waals surface area (Å²) in [6, 6.07) is 6.84. The molecule has 0 aliphatic rings. The van der Waals surface area contributed by atoms with Gasteiger partial charge in [-0.2, -0.15) is 0 Å². The molecule has 1 unspecified atom stereocenters. The third-order valence-electron chi connectivity index (χ3n) is 8.45. The molecule has 0 aliphatic heterocycles. The van der Waals surface area contributed by atoms with Crippen LogP contribution < -0.4 is 0 Å². The second kappa shape index (κ2) is 10.3. The van der Waals surface area contributed by atoms with Crippen molar-refractivity contribution < 1.29 is 4.43 Å². The first-order valence-corrected chi connectivity index (χ1v) is 18.2. The quantitative estimate of drug-likeness (QED) is 0.235. The summed E-state index contributed by atoms with van der Waals surface area (Å²) in [4.78, 5) is 0. The van der Waals surface area contributed by atoms with E-state index in [9.17, 15) is 0 Å². The zero-order valence-corrected chi connectivity index (χ0v) is 26.2. The normalized spacial score (nSPS) is 14.4. The number of nitrogens with zero attached hydrogens (tertiary/aromatic N) is 1. The molecular weight excluding hydrogens is 447 g/mol. The highest BCUT2D eigenvalue weighted by atomic mass is 28.4. The van der Waals surface area contributed by atoms with Crippen molar-refractivity contribution in [1.82, 2.24) is 4.23 Å². The third-order valence-corrected chi connectivity index (χ3v) is 19.6. The number of allylic oxidation sites excluding steroid dienone is 1. The molecule has 1 atom stereocenters. The number of fused-ring (bicyclic) bond motifs is 1. The van der Waals surface area contributed by atoms with Gasteiger partial charge in [0.1, 0.15) is 0 Å². The Kier molecular flexibility index (Phi) is 8.76. The van der Waals surface area contributed by atoms with Gasteiger partial charge >= 0.3 is 0 Å². The molecule has 0 N–H and O–H groups in total. The van der Waals surface area contributed by atoms with Gasteiger partial charge in [-0.15, -0.1) is 6.58 Å². The Balaban J connectivity index is 2.93. The lowest BCUT2D eigenvalue weighted by atomic mass is 9.97. The Morgan fingerprint density at radius 3 is 1.97 bits per heavy atom. The molecule has 0 saturated heterocycles. The van der Waals surface area contributed by atoms with E-state index in [1.165, 1.54) is 22.0 Å². The summed E-state index contributed by atoms with van der Waals surface area (Å²) in [5.41, 5.74) is 6.96. The second-order valence-corrected chi connectivity index (χ2v) is 23.2. The highest BCUT2D eigenvalue weighted by Gasteiger charge is 2.46. The average molecular weight is 498 g/mol. The Morgan fingerprint density at radius 2 is 1.56 bits per heavy atom. The molecule has 34 heavy (non-hydrogen) atoms. The van der Waals surface area contributed by atoms with Crippen molar-refractivity contribution in [2.75, 3.05) is 0 Å². The van der Waals surface area contributed by atoms with E-state index in [-0.39, 0.29) is 11.1 Å². The Hall–Kier alpha value is -1.37. The van der Waals surface area contributed by atoms with Gasteiger partial charge in [0.25, 0.3) is 0 Å². The van der Waals surface area contributed by atoms with E-state index >= 15 is 0 Å². The first-order valence-electron chi connectivity index (χ1n) is 13.1. The molecule has 2 aromatic rings. The van der Waals surface area contributed by atoms with Crippen molar-refractivity contribution in [2.24, 2.45) is 0 Å². The molecule has 0 fully saturated rings. The number of hydrogen-bond acceptors (Lipinski definition) is 1. The van der Waals surface area contributed by atoms with Crippen molar-refractivity contribution in [2.45, 2.75) is 117 Å². The largest absolute Gasteiger partial charge is 0.406 e. The fourth-order valence-corrected chi connectivity index (χ4v) is 13.9. The maximum Gasteiger partial charge on any atom is 0.193 e. The number of benzene rings is 1. The summed E-state index contributed by atoms with van der Waals surface area (Å²) in [7, 11) is -3.91. The van der Waals surface area contributed by atoms with Gasteiger partial charge in [0.05, 0.1) is 6.10 Å². The number of rotatable bonds is 10. The van der Waals surface area contributed by atoms with Gasteiger partial charge in [-0.1, -0.05) is 87.1 Å². The van der Waals surface area contributed by atoms with E-state index in [0.717, 1.165) is 12.0 Å². The summed E-state index contributed by atoms with van der Waals surface area (Å²) >= 11 is 0. The highest BCUT2D eigenvalue weighted by Crippen LogP contribution is 2.47. The van der Waals surface area contributed by atoms with Crippen LogP contribution in [-0.2, 0) is 10.8 Å². The van der Waals surface area contributed by atoms with Crippen molar-refractivity contribution in [1.29, 1.82) is 0 Å². The minimum absolute atomic E-state index is 0.0998. The standard InChI is InChI=1S/C30H51NOSi2/c1-15-17-25-20-31(34(22(4)5,23(6)7)24(8)9)27-19-16-18-26(28(25)27)29(21(2)3)32-33(13,14)30(10,11)12/h15-16,18-20,22-24,29H,1-2,17H2,3-14H3. The molecule has 1 aromatic carbocycles. The Morgan fingerprint density at radius 1 is 1.03 bits per heavy atom. The van der Waals surface area contributed by atoms with Crippen molar-refractivity contribution in [3.63, 3.8) is 0 Å². The van der Waals surface area contributed by atoms with E-state index in [1.54, 1.807) is 0 Å². The van der Waals surface area contributed by atoms with Crippen LogP contribution in [0, 0.1) is 0 Å². The lowest BCUT2D eigenvalue weighted by Crippen LogP contribution is -2.51. The fourth-order valence-electron chi connectivity index (χ4n) is 5.98. The molecule has 0 radical (unpaired) electrons. The van der Waals surface area contributed by atoms with Crippen LogP contribution in [0.2, 0.25) is 34.8 Å². The molecule has 0 bridgehead atoms. The van der Waals surface area contributed by atoms with E-state index in [0.29, 0.717) is 16.6 Å². The molecule has 4 heteroatoms. The van der Waals surface area contributed by atoms with Crippen LogP contribution in [0.1, 0.15) is 86.5 Å². The van der Waals surface area contributed by atoms with Crippen LogP contribution in [0.4, 0.5) is 0 Å². The molecule has 190 valence electrons. The van der Waals surface area contributed by atoms with Crippen LogP contribution >= 0.6 is 0 Å². The Bertz CT molecular complexity index is 999. The van der Waals surface area contributed by atoms with Crippen LogP contribution in [0.5, 0.6) is 0 Å². The second-order valence-electron chi connectivity index (χ2n) is 12.7. The van der Waals surface area contributed by atoms with Gasteiger partial charge in [-0.05, 0) is 77.1 Å². The minimum atomic E-state index is -2.00. The number of hydrogen-bond donors (Lipinski definition) is 0. The predicted molar refractivity (Wildman–Crippen MR) is 158 cm³/mol. The summed E-state index contributed by atoms with van der Waals surface area (Å²) in [5.74, 6) is 0. The van der Waals surface area contributed by atoms with Gasteiger partial charge in [0, 0.05) is 10.9 Å². The van der Waals surface area contributed by atoms with E-state index < -0.39 is 16.6 Å². The van der Waals surface area contributed by atoms with Crippen LogP contribution in [0.25, 0.3) is 10.9 Å². The van der Waals surface area contributed by atoms with Gasteiger partial charge in [-0.25, -0.2) is 0 Å². The van der Waals surface area contributed by atoms with Crippen molar-refractivity contribution in [3.8, 4) is 0 Å². The lowest BCUT2D eigenvalue weighted by molar-refractivity contribution is 0.220. The van der Waals surface area contributed by atoms with Crippen LogP contribution in [-0.4, -0.2) is 20.8 Å². The van der Waals surface area contributed by atoms with Crippen molar-refractivity contribution >= 4 is 27.5 Å². The Labute approximate surface area is 212 Å². The molecule has 1 heterocycles. The zero-order chi connectivity index (χ0) is 26.2. The summed E-state index contributed by atoms with van der Waals surface area (Å²) in [6.07, 6.45) is 5.29. The SMILES string of the molecule is C=CCc1cn([Si](C(C)C)(C(C)C)C(C)C)c2cccc(C(O[Si](C)(C)C(C)(C)C)C(=C)C)c12. The predicted octanol–water partition coefficient (Wildman–Crippen LogP) is 10.0. The van der Waals surface area contributed by atoms with Crippen LogP contribution in [0.3, 0.4) is 0 Å². The fraction of sp³-hybridized carbons (Fsp3) is 0.600. The molecule has 0 amide bonds. The molecule has 1 aromatic heterocycles. The average Bonchev–Trinajstić information content (AvgIpc) is 3.04. The summed E-state index contributed by atoms with van der Waals surface area (Å²) < 4.78 is 9.79. The first kappa shape index (κ1) is 28.9. The summed E-state index contributed by atoms with van der Waals surface area (Å²) in [6.45, 7) is 36.8. The van der Waals surface area contributed by atoms with Gasteiger partial charge in [0.2, 0.25) is 0 Å². The van der Waals surface area contributed by atoms with Gasteiger partial charge < -0.3 is 8.66 Å². The smallest absolute Gasteiger partial charge is 0.193 e. The van der Waals surface area contributed by atoms with Crippen molar-refractivity contribution in [3.05, 3.63) is 60.3 Å². The maximum atomic E-state index is 7.04. The molecule has 2 nitrogen and oxygen atoms in total. The molecular formula is C30H51NOSi2. The molecule has 0 saturated carbocycles. The highest BCUT2D eigenvalue weighted by molar-refractivity contribution is 6.82. The lowest BCUT2D eigenvalue weighted by Gasteiger charge is -2.44. The van der Waals surface area contributed by atoms with E-state index in [2.05, 4.69) is 124 Å². The summed E-state index contributed by atoms with van der Waals surface area (Å²) in [5, 5.41) is 1.49. The molecule has 2 rings (SSSR count). The van der Waals surface area contributed by atoms with E-state index in [4.69, 9.17) is 4.43 Å². The monoisotopic (exact) mass is 497 g/mol. The zero-order valence-electron chi connectivity index (χ0n) is 24.2.